The molecule has 2 aromatic rings. The molecule has 0 aliphatic carbocycles. The number of carbonyl (C=O) groups excluding carboxylic acids is 3. The summed E-state index contributed by atoms with van der Waals surface area (Å²) in [4.78, 5) is 34.3. The van der Waals surface area contributed by atoms with Crippen molar-refractivity contribution >= 4 is 18.4 Å². The first-order valence-electron chi connectivity index (χ1n) is 8.33. The number of rotatable bonds is 9. The molecule has 7 nitrogen and oxygen atoms in total. The van der Waals surface area contributed by atoms with Crippen LogP contribution in [0.25, 0.3) is 0 Å². The summed E-state index contributed by atoms with van der Waals surface area (Å²) >= 11 is 0. The lowest BCUT2D eigenvalue weighted by Crippen LogP contribution is -2.12. The molecule has 0 aromatic heterocycles. The Labute approximate surface area is 156 Å². The fourth-order valence-corrected chi connectivity index (χ4v) is 2.07. The van der Waals surface area contributed by atoms with Crippen molar-refractivity contribution in [1.29, 1.82) is 0 Å². The van der Waals surface area contributed by atoms with E-state index in [0.717, 1.165) is 6.42 Å². The molecule has 0 bridgehead atoms. The third-order valence-electron chi connectivity index (χ3n) is 3.48. The van der Waals surface area contributed by atoms with E-state index >= 15 is 0 Å². The van der Waals surface area contributed by atoms with Crippen molar-refractivity contribution in [2.45, 2.75) is 12.8 Å². The van der Waals surface area contributed by atoms with Crippen molar-refractivity contribution in [2.24, 2.45) is 0 Å². The predicted molar refractivity (Wildman–Crippen MR) is 96.3 cm³/mol. The molecule has 0 atom stereocenters. The molecular formula is C20H20O7. The van der Waals surface area contributed by atoms with E-state index in [1.54, 1.807) is 19.2 Å². The summed E-state index contributed by atoms with van der Waals surface area (Å²) in [5.74, 6) is 0.00729. The lowest BCUT2D eigenvalue weighted by molar-refractivity contribution is 0.0734. The predicted octanol–water partition coefficient (Wildman–Crippen LogP) is 3.66. The molecule has 0 amide bonds. The van der Waals surface area contributed by atoms with Crippen LogP contribution < -0.4 is 9.47 Å². The van der Waals surface area contributed by atoms with Crippen LogP contribution in [0.2, 0.25) is 0 Å². The van der Waals surface area contributed by atoms with E-state index in [1.165, 1.54) is 36.4 Å². The van der Waals surface area contributed by atoms with Crippen molar-refractivity contribution in [3.63, 3.8) is 0 Å². The van der Waals surface area contributed by atoms with Gasteiger partial charge in [0.05, 0.1) is 12.2 Å². The average molecular weight is 372 g/mol. The Morgan fingerprint density at radius 1 is 0.852 bits per heavy atom. The van der Waals surface area contributed by atoms with Gasteiger partial charge in [0.25, 0.3) is 0 Å². The normalized spacial score (nSPS) is 10.1. The van der Waals surface area contributed by atoms with Crippen molar-refractivity contribution in [3.8, 4) is 11.5 Å². The SMILES string of the molecule is COCCCCOC(=O)Oc1ccc(C(=O)Oc2ccc(C=O)cc2)cc1. The highest BCUT2D eigenvalue weighted by Gasteiger charge is 2.11. The van der Waals surface area contributed by atoms with E-state index in [9.17, 15) is 14.4 Å². The minimum absolute atomic E-state index is 0.246. The summed E-state index contributed by atoms with van der Waals surface area (Å²) in [5.41, 5.74) is 0.775. The fourth-order valence-electron chi connectivity index (χ4n) is 2.07. The quantitative estimate of drug-likeness (QED) is 0.218. The molecule has 0 heterocycles. The molecule has 0 spiro atoms. The Hall–Kier alpha value is -3.19. The van der Waals surface area contributed by atoms with Crippen LogP contribution in [0.1, 0.15) is 33.6 Å². The minimum atomic E-state index is -0.807. The number of hydrogen-bond donors (Lipinski definition) is 0. The second-order valence-electron chi connectivity index (χ2n) is 5.50. The zero-order chi connectivity index (χ0) is 19.5. The number of aldehydes is 1. The van der Waals surface area contributed by atoms with E-state index in [-0.39, 0.29) is 17.9 Å². The highest BCUT2D eigenvalue weighted by Crippen LogP contribution is 2.17. The monoisotopic (exact) mass is 372 g/mol. The first-order chi connectivity index (χ1) is 13.1. The van der Waals surface area contributed by atoms with Crippen LogP contribution in [-0.2, 0) is 9.47 Å². The Balaban J connectivity index is 1.81. The van der Waals surface area contributed by atoms with Gasteiger partial charge in [0.2, 0.25) is 0 Å². The fraction of sp³-hybridized carbons (Fsp3) is 0.250. The van der Waals surface area contributed by atoms with Gasteiger partial charge in [-0.15, -0.1) is 0 Å². The molecule has 0 N–H and O–H groups in total. The second kappa shape index (κ2) is 10.7. The van der Waals surface area contributed by atoms with E-state index < -0.39 is 12.1 Å². The zero-order valence-electron chi connectivity index (χ0n) is 14.9. The zero-order valence-corrected chi connectivity index (χ0v) is 14.9. The van der Waals surface area contributed by atoms with Crippen LogP contribution in [-0.4, -0.2) is 38.7 Å². The molecule has 0 aliphatic heterocycles. The van der Waals surface area contributed by atoms with Crippen molar-refractivity contribution in [2.75, 3.05) is 20.3 Å². The highest BCUT2D eigenvalue weighted by molar-refractivity contribution is 5.91. The molecule has 0 saturated carbocycles. The Kier molecular flexibility index (Phi) is 7.99. The van der Waals surface area contributed by atoms with Gasteiger partial charge < -0.3 is 18.9 Å². The summed E-state index contributed by atoms with van der Waals surface area (Å²) in [6.45, 7) is 0.854. The van der Waals surface area contributed by atoms with Crippen molar-refractivity contribution in [3.05, 3.63) is 59.7 Å². The van der Waals surface area contributed by atoms with E-state index in [4.69, 9.17) is 18.9 Å². The van der Waals surface area contributed by atoms with Gasteiger partial charge in [-0.3, -0.25) is 4.79 Å². The summed E-state index contributed by atoms with van der Waals surface area (Å²) in [6, 6.07) is 12.0. The number of hydrogen-bond acceptors (Lipinski definition) is 7. The Morgan fingerprint density at radius 3 is 2.07 bits per heavy atom. The van der Waals surface area contributed by atoms with Crippen LogP contribution >= 0.6 is 0 Å². The number of methoxy groups -OCH3 is 1. The number of carbonyl (C=O) groups is 3. The third-order valence-corrected chi connectivity index (χ3v) is 3.48. The molecular weight excluding hydrogens is 352 g/mol. The second-order valence-corrected chi connectivity index (χ2v) is 5.50. The molecule has 2 rings (SSSR count). The maximum atomic E-state index is 12.1. The minimum Gasteiger partial charge on any atom is -0.434 e. The van der Waals surface area contributed by atoms with Crippen LogP contribution in [0.15, 0.2) is 48.5 Å². The van der Waals surface area contributed by atoms with E-state index in [1.807, 2.05) is 0 Å². The average Bonchev–Trinajstić information content (AvgIpc) is 2.69. The Bertz CT molecular complexity index is 751. The van der Waals surface area contributed by atoms with Gasteiger partial charge in [-0.05, 0) is 61.4 Å². The molecule has 0 unspecified atom stereocenters. The molecule has 142 valence electrons. The largest absolute Gasteiger partial charge is 0.513 e. The van der Waals surface area contributed by atoms with Gasteiger partial charge in [0, 0.05) is 19.3 Å². The maximum Gasteiger partial charge on any atom is 0.513 e. The molecule has 0 saturated heterocycles. The van der Waals surface area contributed by atoms with Gasteiger partial charge in [-0.25, -0.2) is 9.59 Å². The van der Waals surface area contributed by atoms with Crippen molar-refractivity contribution < 1.29 is 33.3 Å². The van der Waals surface area contributed by atoms with E-state index in [2.05, 4.69) is 0 Å². The first kappa shape index (κ1) is 20.1. The molecule has 0 fully saturated rings. The molecule has 2 aromatic carbocycles. The van der Waals surface area contributed by atoms with Crippen molar-refractivity contribution in [1.82, 2.24) is 0 Å². The van der Waals surface area contributed by atoms with Crippen LogP contribution in [0.3, 0.4) is 0 Å². The van der Waals surface area contributed by atoms with Gasteiger partial charge in [-0.2, -0.15) is 0 Å². The van der Waals surface area contributed by atoms with Gasteiger partial charge >= 0.3 is 12.1 Å². The van der Waals surface area contributed by atoms with Crippen LogP contribution in [0.5, 0.6) is 11.5 Å². The lowest BCUT2D eigenvalue weighted by atomic mass is 10.2. The third kappa shape index (κ3) is 6.91. The van der Waals surface area contributed by atoms with Gasteiger partial charge in [0.1, 0.15) is 17.8 Å². The van der Waals surface area contributed by atoms with Crippen LogP contribution in [0.4, 0.5) is 4.79 Å². The maximum absolute atomic E-state index is 12.1. The number of unbranched alkanes of at least 4 members (excludes halogenated alkanes) is 1. The first-order valence-corrected chi connectivity index (χ1v) is 8.33. The molecule has 0 radical (unpaired) electrons. The number of benzene rings is 2. The summed E-state index contributed by atoms with van der Waals surface area (Å²) in [7, 11) is 1.61. The number of esters is 1. The number of ether oxygens (including phenoxy) is 4. The summed E-state index contributed by atoms with van der Waals surface area (Å²) in [6.07, 6.45) is 1.37. The van der Waals surface area contributed by atoms with E-state index in [0.29, 0.717) is 30.6 Å². The topological polar surface area (TPSA) is 88.1 Å². The van der Waals surface area contributed by atoms with Crippen LogP contribution in [0, 0.1) is 0 Å². The summed E-state index contributed by atoms with van der Waals surface area (Å²) in [5, 5.41) is 0. The lowest BCUT2D eigenvalue weighted by Gasteiger charge is -2.07. The molecule has 27 heavy (non-hydrogen) atoms. The molecule has 0 aliphatic rings. The van der Waals surface area contributed by atoms with Gasteiger partial charge in [-0.1, -0.05) is 0 Å². The summed E-state index contributed by atoms with van der Waals surface area (Å²) < 4.78 is 20.1. The Morgan fingerprint density at radius 2 is 1.44 bits per heavy atom. The standard InChI is InChI=1S/C20H20O7/c1-24-12-2-3-13-25-20(23)27-18-10-6-16(7-11-18)19(22)26-17-8-4-15(14-21)5-9-17/h4-11,14H,2-3,12-13H2,1H3. The smallest absolute Gasteiger partial charge is 0.434 e. The van der Waals surface area contributed by atoms with Gasteiger partial charge in [0.15, 0.2) is 0 Å². The molecule has 7 heteroatoms. The highest BCUT2D eigenvalue weighted by atomic mass is 16.7.